The van der Waals surface area contributed by atoms with E-state index >= 15 is 0 Å². The number of aliphatic imine (C=N–C) groups is 1. The first-order valence-corrected chi connectivity index (χ1v) is 5.56. The lowest BCUT2D eigenvalue weighted by molar-refractivity contribution is -0.144. The fourth-order valence-corrected chi connectivity index (χ4v) is 2.06. The molecule has 5 nitrogen and oxygen atoms in total. The first kappa shape index (κ1) is 11.5. The Morgan fingerprint density at radius 2 is 2.31 bits per heavy atom. The molecule has 90 valence electrons. The topological polar surface area (TPSA) is 57.1 Å². The van der Waals surface area contributed by atoms with E-state index in [2.05, 4.69) is 4.99 Å². The second kappa shape index (κ2) is 4.14. The Labute approximate surface area is 94.8 Å². The molecule has 1 fully saturated rings. The van der Waals surface area contributed by atoms with Crippen LogP contribution in [0.4, 0.5) is 0 Å². The molecule has 2 heterocycles. The van der Waals surface area contributed by atoms with Crippen LogP contribution in [0.5, 0.6) is 0 Å². The Hall–Kier alpha value is -0.940. The number of rotatable bonds is 3. The summed E-state index contributed by atoms with van der Waals surface area (Å²) in [6.07, 6.45) is -0.0205. The molecule has 0 saturated carbocycles. The number of hydrogen-bond acceptors (Lipinski definition) is 5. The number of carbonyl (C=O) groups excluding carboxylic acids is 1. The Morgan fingerprint density at radius 3 is 3.00 bits per heavy atom. The van der Waals surface area contributed by atoms with Crippen LogP contribution < -0.4 is 0 Å². The monoisotopic (exact) mass is 227 g/mol. The van der Waals surface area contributed by atoms with Gasteiger partial charge in [-0.1, -0.05) is 0 Å². The minimum atomic E-state index is -0.578. The molecule has 2 rings (SSSR count). The quantitative estimate of drug-likeness (QED) is 0.672. The Balaban J connectivity index is 1.95. The van der Waals surface area contributed by atoms with Gasteiger partial charge in [-0.05, 0) is 20.8 Å². The second-order valence-corrected chi connectivity index (χ2v) is 4.41. The maximum absolute atomic E-state index is 11.3. The number of fused-ring (bicyclic) bond motifs is 1. The van der Waals surface area contributed by atoms with Crippen molar-refractivity contribution in [1.82, 2.24) is 0 Å². The highest BCUT2D eigenvalue weighted by Crippen LogP contribution is 2.32. The van der Waals surface area contributed by atoms with Crippen molar-refractivity contribution in [2.24, 2.45) is 4.99 Å². The predicted octanol–water partition coefficient (Wildman–Crippen LogP) is 0.914. The summed E-state index contributed by atoms with van der Waals surface area (Å²) in [6.45, 7) is 6.49. The van der Waals surface area contributed by atoms with Gasteiger partial charge in [0.1, 0.15) is 12.2 Å². The first-order chi connectivity index (χ1) is 7.52. The number of hydrogen-bond donors (Lipinski definition) is 0. The zero-order valence-electron chi connectivity index (χ0n) is 9.86. The van der Waals surface area contributed by atoms with Crippen molar-refractivity contribution in [2.75, 3.05) is 13.2 Å². The molecule has 2 atom stereocenters. The molecule has 0 aromatic carbocycles. The van der Waals surface area contributed by atoms with Crippen LogP contribution in [0.2, 0.25) is 0 Å². The van der Waals surface area contributed by atoms with Crippen LogP contribution in [0, 0.1) is 0 Å². The highest BCUT2D eigenvalue weighted by Gasteiger charge is 2.46. The van der Waals surface area contributed by atoms with Crippen LogP contribution >= 0.6 is 0 Å². The summed E-state index contributed by atoms with van der Waals surface area (Å²) >= 11 is 0. The van der Waals surface area contributed by atoms with Crippen LogP contribution in [0.15, 0.2) is 4.99 Å². The maximum Gasteiger partial charge on any atom is 0.311 e. The van der Waals surface area contributed by atoms with Crippen molar-refractivity contribution in [3.05, 3.63) is 0 Å². The fourth-order valence-electron chi connectivity index (χ4n) is 2.06. The molecule has 2 aliphatic rings. The second-order valence-electron chi connectivity index (χ2n) is 4.41. The van der Waals surface area contributed by atoms with Gasteiger partial charge in [-0.3, -0.25) is 9.79 Å². The summed E-state index contributed by atoms with van der Waals surface area (Å²) in [7, 11) is 0. The minimum Gasteiger partial charge on any atom is -0.466 e. The van der Waals surface area contributed by atoms with E-state index in [1.807, 2.05) is 13.8 Å². The van der Waals surface area contributed by atoms with Crippen molar-refractivity contribution >= 4 is 11.7 Å². The molecule has 0 unspecified atom stereocenters. The van der Waals surface area contributed by atoms with E-state index in [0.717, 1.165) is 5.71 Å². The molecule has 0 aliphatic carbocycles. The number of nitrogens with zero attached hydrogens (tertiary/aromatic N) is 1. The van der Waals surface area contributed by atoms with Gasteiger partial charge in [-0.25, -0.2) is 0 Å². The standard InChI is InChI=1S/C11H17NO4/c1-4-14-9(13)5-7-10-8(6-12-7)15-11(2,3)16-10/h8,10H,4-6H2,1-3H3/t8-,10+/m1/s1. The van der Waals surface area contributed by atoms with E-state index < -0.39 is 5.79 Å². The average Bonchev–Trinajstić information content (AvgIpc) is 2.64. The van der Waals surface area contributed by atoms with E-state index in [9.17, 15) is 4.79 Å². The summed E-state index contributed by atoms with van der Waals surface area (Å²) in [6, 6.07) is 0. The van der Waals surface area contributed by atoms with Crippen LogP contribution in [0.1, 0.15) is 27.2 Å². The highest BCUT2D eigenvalue weighted by molar-refractivity contribution is 6.03. The number of carbonyl (C=O) groups is 1. The normalized spacial score (nSPS) is 31.1. The van der Waals surface area contributed by atoms with E-state index in [0.29, 0.717) is 13.2 Å². The fraction of sp³-hybridized carbons (Fsp3) is 0.818. The van der Waals surface area contributed by atoms with E-state index in [1.165, 1.54) is 0 Å². The molecule has 0 spiro atoms. The molecule has 0 aromatic heterocycles. The lowest BCUT2D eigenvalue weighted by Gasteiger charge is -2.17. The van der Waals surface area contributed by atoms with E-state index in [-0.39, 0.29) is 24.6 Å². The van der Waals surface area contributed by atoms with Crippen LogP contribution in [-0.4, -0.2) is 42.8 Å². The van der Waals surface area contributed by atoms with Gasteiger partial charge in [-0.2, -0.15) is 0 Å². The lowest BCUT2D eigenvalue weighted by Crippen LogP contribution is -2.29. The molecule has 16 heavy (non-hydrogen) atoms. The lowest BCUT2D eigenvalue weighted by atomic mass is 10.1. The van der Waals surface area contributed by atoms with Gasteiger partial charge in [0.2, 0.25) is 0 Å². The maximum atomic E-state index is 11.3. The average molecular weight is 227 g/mol. The Kier molecular flexibility index (Phi) is 2.99. The van der Waals surface area contributed by atoms with Crippen molar-refractivity contribution in [1.29, 1.82) is 0 Å². The minimum absolute atomic E-state index is 0.0422. The largest absolute Gasteiger partial charge is 0.466 e. The molecule has 0 radical (unpaired) electrons. The van der Waals surface area contributed by atoms with Gasteiger partial charge < -0.3 is 14.2 Å². The predicted molar refractivity (Wildman–Crippen MR) is 57.4 cm³/mol. The van der Waals surface area contributed by atoms with Gasteiger partial charge in [0.05, 0.1) is 25.3 Å². The Morgan fingerprint density at radius 1 is 1.56 bits per heavy atom. The van der Waals surface area contributed by atoms with Crippen LogP contribution in [-0.2, 0) is 19.0 Å². The highest BCUT2D eigenvalue weighted by atomic mass is 16.8. The molecule has 0 amide bonds. The van der Waals surface area contributed by atoms with Crippen molar-refractivity contribution in [3.63, 3.8) is 0 Å². The summed E-state index contributed by atoms with van der Waals surface area (Å²) < 4.78 is 16.2. The SMILES string of the molecule is CCOC(=O)CC1=NC[C@H]2OC(C)(C)O[C@@H]12. The number of esters is 1. The van der Waals surface area contributed by atoms with E-state index in [4.69, 9.17) is 14.2 Å². The van der Waals surface area contributed by atoms with Gasteiger partial charge in [0, 0.05) is 0 Å². The third kappa shape index (κ3) is 2.25. The van der Waals surface area contributed by atoms with Gasteiger partial charge >= 0.3 is 5.97 Å². The Bertz CT molecular complexity index is 324. The smallest absolute Gasteiger partial charge is 0.311 e. The first-order valence-electron chi connectivity index (χ1n) is 5.56. The molecule has 1 saturated heterocycles. The summed E-state index contributed by atoms with van der Waals surface area (Å²) in [5.74, 6) is -0.833. The van der Waals surface area contributed by atoms with Gasteiger partial charge in [0.15, 0.2) is 5.79 Å². The summed E-state index contributed by atoms with van der Waals surface area (Å²) in [5.41, 5.74) is 0.744. The zero-order chi connectivity index (χ0) is 11.8. The van der Waals surface area contributed by atoms with Gasteiger partial charge in [-0.15, -0.1) is 0 Å². The molecule has 0 N–H and O–H groups in total. The molecular weight excluding hydrogens is 210 g/mol. The summed E-state index contributed by atoms with van der Waals surface area (Å²) in [4.78, 5) is 15.6. The van der Waals surface area contributed by atoms with Gasteiger partial charge in [0.25, 0.3) is 0 Å². The molecule has 5 heteroatoms. The molecule has 2 aliphatic heterocycles. The third-order valence-electron chi connectivity index (χ3n) is 2.62. The van der Waals surface area contributed by atoms with Crippen molar-refractivity contribution < 1.29 is 19.0 Å². The zero-order valence-corrected chi connectivity index (χ0v) is 9.86. The van der Waals surface area contributed by atoms with Crippen molar-refractivity contribution in [2.45, 2.75) is 45.2 Å². The molecule has 0 aromatic rings. The van der Waals surface area contributed by atoms with E-state index in [1.54, 1.807) is 6.92 Å². The number of ether oxygens (including phenoxy) is 3. The van der Waals surface area contributed by atoms with Crippen LogP contribution in [0.3, 0.4) is 0 Å². The van der Waals surface area contributed by atoms with Crippen molar-refractivity contribution in [3.8, 4) is 0 Å². The third-order valence-corrected chi connectivity index (χ3v) is 2.62. The van der Waals surface area contributed by atoms with Crippen LogP contribution in [0.25, 0.3) is 0 Å². The molecule has 0 bridgehead atoms. The molecular formula is C11H17NO4. The summed E-state index contributed by atoms with van der Waals surface area (Å²) in [5, 5.41) is 0.